The Morgan fingerprint density at radius 2 is 2.15 bits per heavy atom. The topological polar surface area (TPSA) is 64.3 Å². The van der Waals surface area contributed by atoms with Crippen LogP contribution in [-0.2, 0) is 9.53 Å². The van der Waals surface area contributed by atoms with Gasteiger partial charge in [0.2, 0.25) is 5.91 Å². The van der Waals surface area contributed by atoms with Gasteiger partial charge in [-0.25, -0.2) is 5.84 Å². The van der Waals surface area contributed by atoms with Crippen molar-refractivity contribution >= 4 is 5.91 Å². The van der Waals surface area contributed by atoms with Crippen molar-refractivity contribution in [1.82, 2.24) is 5.43 Å². The lowest BCUT2D eigenvalue weighted by Gasteiger charge is -2.05. The van der Waals surface area contributed by atoms with Crippen LogP contribution in [0, 0.1) is 5.92 Å². The minimum atomic E-state index is -0.177. The maximum atomic E-state index is 10.6. The zero-order valence-electron chi connectivity index (χ0n) is 8.51. The normalized spacial score (nSPS) is 10.5. The molecule has 1 amide bonds. The Morgan fingerprint density at radius 1 is 1.46 bits per heavy atom. The molecule has 0 spiro atoms. The summed E-state index contributed by atoms with van der Waals surface area (Å²) in [6, 6.07) is 0. The molecule has 0 aromatic carbocycles. The van der Waals surface area contributed by atoms with Crippen LogP contribution in [0.25, 0.3) is 0 Å². The lowest BCUT2D eigenvalue weighted by atomic mass is 10.1. The summed E-state index contributed by atoms with van der Waals surface area (Å²) >= 11 is 0. The average molecular weight is 188 g/mol. The largest absolute Gasteiger partial charge is 0.381 e. The van der Waals surface area contributed by atoms with Crippen molar-refractivity contribution < 1.29 is 9.53 Å². The molecule has 0 aliphatic heterocycles. The standard InChI is InChI=1S/C9H20N2O2/c1-8(2)4-3-6-13-7-5-9(12)11-10/h8H,3-7,10H2,1-2H3,(H,11,12). The quantitative estimate of drug-likeness (QED) is 0.269. The van der Waals surface area contributed by atoms with Crippen molar-refractivity contribution in [2.45, 2.75) is 33.1 Å². The van der Waals surface area contributed by atoms with E-state index in [4.69, 9.17) is 10.6 Å². The molecule has 0 rings (SSSR count). The van der Waals surface area contributed by atoms with Crippen LogP contribution in [0.4, 0.5) is 0 Å². The zero-order chi connectivity index (χ0) is 10.1. The number of carbonyl (C=O) groups excluding carboxylic acids is 1. The molecule has 0 heterocycles. The van der Waals surface area contributed by atoms with Gasteiger partial charge in [-0.2, -0.15) is 0 Å². The molecule has 13 heavy (non-hydrogen) atoms. The van der Waals surface area contributed by atoms with Crippen molar-refractivity contribution in [2.24, 2.45) is 11.8 Å². The van der Waals surface area contributed by atoms with E-state index in [-0.39, 0.29) is 5.91 Å². The number of amides is 1. The Morgan fingerprint density at radius 3 is 2.69 bits per heavy atom. The van der Waals surface area contributed by atoms with Crippen LogP contribution < -0.4 is 11.3 Å². The van der Waals surface area contributed by atoms with Crippen LogP contribution in [0.3, 0.4) is 0 Å². The molecule has 0 aliphatic carbocycles. The summed E-state index contributed by atoms with van der Waals surface area (Å²) in [5, 5.41) is 0. The number of nitrogens with one attached hydrogen (secondary N) is 1. The van der Waals surface area contributed by atoms with Crippen molar-refractivity contribution in [3.8, 4) is 0 Å². The summed E-state index contributed by atoms with van der Waals surface area (Å²) in [5.74, 6) is 5.44. The Balaban J connectivity index is 3.04. The molecule has 0 bridgehead atoms. The molecule has 0 unspecified atom stereocenters. The fourth-order valence-corrected chi connectivity index (χ4v) is 0.933. The molecule has 4 nitrogen and oxygen atoms in total. The molecule has 0 aromatic rings. The van der Waals surface area contributed by atoms with Gasteiger partial charge < -0.3 is 4.74 Å². The maximum absolute atomic E-state index is 10.6. The van der Waals surface area contributed by atoms with E-state index in [0.717, 1.165) is 18.9 Å². The summed E-state index contributed by atoms with van der Waals surface area (Å²) < 4.78 is 5.24. The Labute approximate surface area is 79.8 Å². The van der Waals surface area contributed by atoms with E-state index >= 15 is 0 Å². The molecule has 0 radical (unpaired) electrons. The van der Waals surface area contributed by atoms with Gasteiger partial charge in [0.1, 0.15) is 0 Å². The average Bonchev–Trinajstić information content (AvgIpc) is 2.10. The third-order valence-electron chi connectivity index (χ3n) is 1.70. The Kier molecular flexibility index (Phi) is 7.63. The first-order chi connectivity index (χ1) is 6.16. The van der Waals surface area contributed by atoms with Crippen LogP contribution in [-0.4, -0.2) is 19.1 Å². The molecule has 0 aromatic heterocycles. The van der Waals surface area contributed by atoms with Gasteiger partial charge in [0.15, 0.2) is 0 Å². The second-order valence-corrected chi connectivity index (χ2v) is 3.47. The number of nitrogens with two attached hydrogens (primary N) is 1. The molecule has 78 valence electrons. The first kappa shape index (κ1) is 12.4. The van der Waals surface area contributed by atoms with Crippen molar-refractivity contribution in [3.63, 3.8) is 0 Å². The van der Waals surface area contributed by atoms with Gasteiger partial charge in [-0.3, -0.25) is 10.2 Å². The minimum absolute atomic E-state index is 0.177. The highest BCUT2D eigenvalue weighted by Gasteiger charge is 1.98. The fraction of sp³-hybridized carbons (Fsp3) is 0.889. The SMILES string of the molecule is CC(C)CCCOCCC(=O)NN. The number of carbonyl (C=O) groups is 1. The second kappa shape index (κ2) is 8.01. The van der Waals surface area contributed by atoms with Gasteiger partial charge >= 0.3 is 0 Å². The van der Waals surface area contributed by atoms with E-state index in [1.54, 1.807) is 0 Å². The van der Waals surface area contributed by atoms with E-state index in [2.05, 4.69) is 19.3 Å². The predicted octanol–water partition coefficient (Wildman–Crippen LogP) is 0.819. The zero-order valence-corrected chi connectivity index (χ0v) is 8.51. The first-order valence-electron chi connectivity index (χ1n) is 4.74. The van der Waals surface area contributed by atoms with Crippen LogP contribution in [0.1, 0.15) is 33.1 Å². The molecular weight excluding hydrogens is 168 g/mol. The van der Waals surface area contributed by atoms with Gasteiger partial charge in [0.05, 0.1) is 13.0 Å². The number of hydrogen-bond donors (Lipinski definition) is 2. The van der Waals surface area contributed by atoms with E-state index in [0.29, 0.717) is 13.0 Å². The van der Waals surface area contributed by atoms with Gasteiger partial charge in [0.25, 0.3) is 0 Å². The van der Waals surface area contributed by atoms with Gasteiger partial charge in [0, 0.05) is 6.61 Å². The minimum Gasteiger partial charge on any atom is -0.381 e. The summed E-state index contributed by atoms with van der Waals surface area (Å²) in [7, 11) is 0. The fourth-order valence-electron chi connectivity index (χ4n) is 0.933. The third-order valence-corrected chi connectivity index (χ3v) is 1.70. The third kappa shape index (κ3) is 9.30. The van der Waals surface area contributed by atoms with Crippen molar-refractivity contribution in [2.75, 3.05) is 13.2 Å². The summed E-state index contributed by atoms with van der Waals surface area (Å²) in [4.78, 5) is 10.6. The van der Waals surface area contributed by atoms with Gasteiger partial charge in [-0.1, -0.05) is 13.8 Å². The Hall–Kier alpha value is -0.610. The predicted molar refractivity (Wildman–Crippen MR) is 51.8 cm³/mol. The molecule has 0 aliphatic rings. The number of hydrazine groups is 1. The van der Waals surface area contributed by atoms with E-state index < -0.39 is 0 Å². The smallest absolute Gasteiger partial charge is 0.236 e. The van der Waals surface area contributed by atoms with E-state index in [1.807, 2.05) is 0 Å². The number of ether oxygens (including phenoxy) is 1. The Bertz CT molecular complexity index is 138. The lowest BCUT2D eigenvalue weighted by molar-refractivity contribution is -0.122. The van der Waals surface area contributed by atoms with Crippen LogP contribution in [0.15, 0.2) is 0 Å². The monoisotopic (exact) mass is 188 g/mol. The van der Waals surface area contributed by atoms with Crippen LogP contribution in [0.5, 0.6) is 0 Å². The van der Waals surface area contributed by atoms with Crippen LogP contribution >= 0.6 is 0 Å². The van der Waals surface area contributed by atoms with Crippen molar-refractivity contribution in [3.05, 3.63) is 0 Å². The number of hydrogen-bond acceptors (Lipinski definition) is 3. The van der Waals surface area contributed by atoms with Gasteiger partial charge in [-0.05, 0) is 18.8 Å². The molecule has 4 heteroatoms. The second-order valence-electron chi connectivity index (χ2n) is 3.47. The number of rotatable bonds is 7. The molecular formula is C9H20N2O2. The van der Waals surface area contributed by atoms with Crippen LogP contribution in [0.2, 0.25) is 0 Å². The highest BCUT2D eigenvalue weighted by molar-refractivity contribution is 5.75. The molecule has 0 saturated carbocycles. The van der Waals surface area contributed by atoms with E-state index in [1.165, 1.54) is 6.42 Å². The lowest BCUT2D eigenvalue weighted by Crippen LogP contribution is -2.30. The maximum Gasteiger partial charge on any atom is 0.236 e. The molecule has 0 fully saturated rings. The highest BCUT2D eigenvalue weighted by atomic mass is 16.5. The van der Waals surface area contributed by atoms with E-state index in [9.17, 15) is 4.79 Å². The summed E-state index contributed by atoms with van der Waals surface area (Å²) in [6.45, 7) is 5.56. The van der Waals surface area contributed by atoms with Gasteiger partial charge in [-0.15, -0.1) is 0 Å². The first-order valence-corrected chi connectivity index (χ1v) is 4.74. The summed E-state index contributed by atoms with van der Waals surface area (Å²) in [6.07, 6.45) is 2.57. The summed E-state index contributed by atoms with van der Waals surface area (Å²) in [5.41, 5.74) is 2.06. The van der Waals surface area contributed by atoms with Crippen molar-refractivity contribution in [1.29, 1.82) is 0 Å². The molecule has 0 atom stereocenters. The highest BCUT2D eigenvalue weighted by Crippen LogP contribution is 2.02. The molecule has 3 N–H and O–H groups in total. The molecule has 0 saturated heterocycles.